The van der Waals surface area contributed by atoms with Crippen LogP contribution in [0.25, 0.3) is 0 Å². The molecule has 0 fully saturated rings. The van der Waals surface area contributed by atoms with Crippen molar-refractivity contribution in [1.82, 2.24) is 0 Å². The van der Waals surface area contributed by atoms with Crippen LogP contribution in [-0.2, 0) is 0 Å². The van der Waals surface area contributed by atoms with E-state index < -0.39 is 0 Å². The Morgan fingerprint density at radius 1 is 1.31 bits per heavy atom. The van der Waals surface area contributed by atoms with Gasteiger partial charge in [0.1, 0.15) is 0 Å². The van der Waals surface area contributed by atoms with Gasteiger partial charge in [0.05, 0.1) is 0 Å². The summed E-state index contributed by atoms with van der Waals surface area (Å²) in [4.78, 5) is 0. The number of hydrogen-bond donors (Lipinski definition) is 0. The number of hydrogen-bond acceptors (Lipinski definition) is 0. The Labute approximate surface area is 81.7 Å². The molecule has 0 heterocycles. The lowest BCUT2D eigenvalue weighted by Gasteiger charge is -2.34. The van der Waals surface area contributed by atoms with Gasteiger partial charge in [0.2, 0.25) is 0 Å². The second-order valence-electron chi connectivity index (χ2n) is 5.54. The van der Waals surface area contributed by atoms with Crippen molar-refractivity contribution in [3.63, 3.8) is 0 Å². The quantitative estimate of drug-likeness (QED) is 0.521. The molecule has 0 aliphatic heterocycles. The molecule has 2 aliphatic rings. The minimum Gasteiger partial charge on any atom is -0.0802 e. The maximum atomic E-state index is 2.38. The SMILES string of the molecule is CC(C)(C)C1CCC2=C(CC=C2)C1. The summed E-state index contributed by atoms with van der Waals surface area (Å²) in [7, 11) is 0. The zero-order chi connectivity index (χ0) is 9.47. The summed E-state index contributed by atoms with van der Waals surface area (Å²) >= 11 is 0. The highest BCUT2D eigenvalue weighted by Crippen LogP contribution is 2.43. The van der Waals surface area contributed by atoms with Gasteiger partial charge in [-0.2, -0.15) is 0 Å². The van der Waals surface area contributed by atoms with Crippen molar-refractivity contribution in [2.45, 2.75) is 46.5 Å². The molecule has 0 saturated carbocycles. The van der Waals surface area contributed by atoms with Gasteiger partial charge >= 0.3 is 0 Å². The van der Waals surface area contributed by atoms with Crippen LogP contribution in [0.5, 0.6) is 0 Å². The summed E-state index contributed by atoms with van der Waals surface area (Å²) < 4.78 is 0. The maximum absolute atomic E-state index is 2.38. The predicted octanol–water partition coefficient (Wildman–Crippen LogP) is 4.09. The maximum Gasteiger partial charge on any atom is -0.0130 e. The largest absolute Gasteiger partial charge is 0.0802 e. The van der Waals surface area contributed by atoms with Crippen molar-refractivity contribution in [3.05, 3.63) is 23.3 Å². The first-order valence-electron chi connectivity index (χ1n) is 5.45. The molecular weight excluding hydrogens is 156 g/mol. The fourth-order valence-corrected chi connectivity index (χ4v) is 2.54. The van der Waals surface area contributed by atoms with Crippen molar-refractivity contribution in [1.29, 1.82) is 0 Å². The molecule has 13 heavy (non-hydrogen) atoms. The summed E-state index contributed by atoms with van der Waals surface area (Å²) in [6, 6.07) is 0. The number of allylic oxidation sites excluding steroid dienone is 4. The van der Waals surface area contributed by atoms with Crippen LogP contribution in [0.15, 0.2) is 23.3 Å². The van der Waals surface area contributed by atoms with E-state index in [1.807, 2.05) is 0 Å². The summed E-state index contributed by atoms with van der Waals surface area (Å²) in [5, 5.41) is 0. The molecule has 0 heteroatoms. The first-order valence-corrected chi connectivity index (χ1v) is 5.45. The minimum absolute atomic E-state index is 0.501. The first kappa shape index (κ1) is 9.05. The Hall–Kier alpha value is -0.520. The molecule has 0 aromatic carbocycles. The smallest absolute Gasteiger partial charge is 0.0130 e. The third-order valence-electron chi connectivity index (χ3n) is 3.62. The van der Waals surface area contributed by atoms with Crippen molar-refractivity contribution >= 4 is 0 Å². The van der Waals surface area contributed by atoms with E-state index in [2.05, 4.69) is 32.9 Å². The van der Waals surface area contributed by atoms with Crippen molar-refractivity contribution < 1.29 is 0 Å². The highest BCUT2D eigenvalue weighted by Gasteiger charge is 2.29. The van der Waals surface area contributed by atoms with Gasteiger partial charge in [-0.15, -0.1) is 0 Å². The standard InChI is InChI=1S/C13H20/c1-13(2,3)12-8-7-10-5-4-6-11(10)9-12/h4-5,12H,6-9H2,1-3H3. The van der Waals surface area contributed by atoms with Gasteiger partial charge in [0.25, 0.3) is 0 Å². The lowest BCUT2D eigenvalue weighted by atomic mass is 9.71. The molecule has 0 saturated heterocycles. The molecule has 0 nitrogen and oxygen atoms in total. The summed E-state index contributed by atoms with van der Waals surface area (Å²) in [5.41, 5.74) is 3.88. The monoisotopic (exact) mass is 176 g/mol. The van der Waals surface area contributed by atoms with Crippen LogP contribution in [-0.4, -0.2) is 0 Å². The minimum atomic E-state index is 0.501. The van der Waals surface area contributed by atoms with Gasteiger partial charge in [0.15, 0.2) is 0 Å². The normalized spacial score (nSPS) is 28.1. The van der Waals surface area contributed by atoms with E-state index >= 15 is 0 Å². The van der Waals surface area contributed by atoms with Gasteiger partial charge in [-0.25, -0.2) is 0 Å². The third kappa shape index (κ3) is 1.72. The van der Waals surface area contributed by atoms with Crippen LogP contribution in [0.3, 0.4) is 0 Å². The molecule has 72 valence electrons. The molecule has 0 radical (unpaired) electrons. The van der Waals surface area contributed by atoms with Crippen LogP contribution >= 0.6 is 0 Å². The van der Waals surface area contributed by atoms with E-state index in [4.69, 9.17) is 0 Å². The van der Waals surface area contributed by atoms with E-state index in [9.17, 15) is 0 Å². The second-order valence-corrected chi connectivity index (χ2v) is 5.54. The molecule has 0 N–H and O–H groups in total. The molecule has 1 unspecified atom stereocenters. The van der Waals surface area contributed by atoms with Crippen molar-refractivity contribution in [2.24, 2.45) is 11.3 Å². The van der Waals surface area contributed by atoms with Gasteiger partial charge in [-0.1, -0.05) is 38.5 Å². The summed E-state index contributed by atoms with van der Waals surface area (Å²) in [6.45, 7) is 7.14. The molecule has 0 amide bonds. The van der Waals surface area contributed by atoms with Gasteiger partial charge in [-0.05, 0) is 42.6 Å². The second kappa shape index (κ2) is 3.01. The Morgan fingerprint density at radius 2 is 2.08 bits per heavy atom. The molecule has 1 atom stereocenters. The van der Waals surface area contributed by atoms with E-state index in [-0.39, 0.29) is 0 Å². The molecular formula is C13H20. The van der Waals surface area contributed by atoms with E-state index in [1.165, 1.54) is 25.7 Å². The zero-order valence-corrected chi connectivity index (χ0v) is 9.06. The highest BCUT2D eigenvalue weighted by molar-refractivity contribution is 5.35. The Bertz CT molecular complexity index is 260. The summed E-state index contributed by atoms with van der Waals surface area (Å²) in [6.07, 6.45) is 9.98. The van der Waals surface area contributed by atoms with Gasteiger partial charge in [0, 0.05) is 0 Å². The fourth-order valence-electron chi connectivity index (χ4n) is 2.54. The number of rotatable bonds is 0. The van der Waals surface area contributed by atoms with E-state index in [0.717, 1.165) is 5.92 Å². The third-order valence-corrected chi connectivity index (χ3v) is 3.62. The molecule has 0 spiro atoms. The van der Waals surface area contributed by atoms with Crippen molar-refractivity contribution in [2.75, 3.05) is 0 Å². The Balaban J connectivity index is 2.10. The summed E-state index contributed by atoms with van der Waals surface area (Å²) in [5.74, 6) is 0.908. The molecule has 0 aromatic rings. The lowest BCUT2D eigenvalue weighted by molar-refractivity contribution is 0.216. The average Bonchev–Trinajstić information content (AvgIpc) is 2.47. The van der Waals surface area contributed by atoms with Crippen LogP contribution in [0.4, 0.5) is 0 Å². The van der Waals surface area contributed by atoms with Crippen LogP contribution in [0, 0.1) is 11.3 Å². The highest BCUT2D eigenvalue weighted by atomic mass is 14.3. The van der Waals surface area contributed by atoms with E-state index in [0.29, 0.717) is 5.41 Å². The topological polar surface area (TPSA) is 0 Å². The molecule has 0 bridgehead atoms. The van der Waals surface area contributed by atoms with E-state index in [1.54, 1.807) is 11.1 Å². The lowest BCUT2D eigenvalue weighted by Crippen LogP contribution is -2.23. The van der Waals surface area contributed by atoms with Crippen LogP contribution < -0.4 is 0 Å². The molecule has 2 rings (SSSR count). The molecule has 2 aliphatic carbocycles. The average molecular weight is 176 g/mol. The molecule has 0 aromatic heterocycles. The Morgan fingerprint density at radius 3 is 2.77 bits per heavy atom. The predicted molar refractivity (Wildman–Crippen MR) is 57.6 cm³/mol. The van der Waals surface area contributed by atoms with Gasteiger partial charge in [-0.3, -0.25) is 0 Å². The van der Waals surface area contributed by atoms with Gasteiger partial charge < -0.3 is 0 Å². The van der Waals surface area contributed by atoms with Crippen LogP contribution in [0.1, 0.15) is 46.5 Å². The zero-order valence-electron chi connectivity index (χ0n) is 9.06. The fraction of sp³-hybridized carbons (Fsp3) is 0.692. The van der Waals surface area contributed by atoms with Crippen LogP contribution in [0.2, 0.25) is 0 Å². The first-order chi connectivity index (χ1) is 6.07. The Kier molecular flexibility index (Phi) is 2.09. The van der Waals surface area contributed by atoms with Crippen molar-refractivity contribution in [3.8, 4) is 0 Å².